The normalized spacial score (nSPS) is 21.0. The van der Waals surface area contributed by atoms with Gasteiger partial charge in [-0.3, -0.25) is 0 Å². The quantitative estimate of drug-likeness (QED) is 0.573. The molecule has 0 saturated carbocycles. The third-order valence-electron chi connectivity index (χ3n) is 6.01. The Hall–Kier alpha value is -1.74. The van der Waals surface area contributed by atoms with Crippen molar-refractivity contribution in [3.05, 3.63) is 59.7 Å². The van der Waals surface area contributed by atoms with E-state index in [0.29, 0.717) is 0 Å². The van der Waals surface area contributed by atoms with Crippen LogP contribution in [-0.4, -0.2) is 50.6 Å². The molecule has 0 aliphatic carbocycles. The predicted octanol–water partition coefficient (Wildman–Crippen LogP) is 4.06. The van der Waals surface area contributed by atoms with Gasteiger partial charge < -0.3 is 0 Å². The molecular formula is C24H34N2O4S2. The SMILES string of the molecule is CCCc1ccc(S(=O)(=O)N2C[C@H](C)N(S(=O)(=O)c3ccc(CCC)cc3)C[C@H]2C)cc1. The molecule has 2 aromatic carbocycles. The topological polar surface area (TPSA) is 74.8 Å². The second-order valence-corrected chi connectivity index (χ2v) is 12.4. The maximum Gasteiger partial charge on any atom is 0.243 e. The summed E-state index contributed by atoms with van der Waals surface area (Å²) < 4.78 is 56.0. The monoisotopic (exact) mass is 478 g/mol. The molecule has 0 amide bonds. The van der Waals surface area contributed by atoms with Gasteiger partial charge in [-0.05, 0) is 62.1 Å². The van der Waals surface area contributed by atoms with Gasteiger partial charge in [0.2, 0.25) is 20.0 Å². The molecule has 176 valence electrons. The summed E-state index contributed by atoms with van der Waals surface area (Å²) >= 11 is 0. The third-order valence-corrected chi connectivity index (χ3v) is 10.00. The Morgan fingerprint density at radius 2 is 0.969 bits per heavy atom. The third kappa shape index (κ3) is 5.09. The van der Waals surface area contributed by atoms with E-state index in [2.05, 4.69) is 13.8 Å². The maximum atomic E-state index is 13.3. The number of sulfonamides is 2. The van der Waals surface area contributed by atoms with Gasteiger partial charge in [0.15, 0.2) is 0 Å². The van der Waals surface area contributed by atoms with Crippen LogP contribution >= 0.6 is 0 Å². The van der Waals surface area contributed by atoms with E-state index >= 15 is 0 Å². The molecule has 1 aliphatic rings. The van der Waals surface area contributed by atoms with E-state index in [1.807, 2.05) is 24.3 Å². The van der Waals surface area contributed by atoms with Crippen LogP contribution in [0.4, 0.5) is 0 Å². The van der Waals surface area contributed by atoms with Crippen LogP contribution in [0.15, 0.2) is 58.3 Å². The first-order chi connectivity index (χ1) is 15.1. The fourth-order valence-corrected chi connectivity index (χ4v) is 7.64. The fourth-order valence-electron chi connectivity index (χ4n) is 4.24. The Kier molecular flexibility index (Phi) is 7.81. The molecule has 1 aliphatic heterocycles. The molecule has 3 rings (SSSR count). The molecule has 8 heteroatoms. The minimum Gasteiger partial charge on any atom is -0.207 e. The van der Waals surface area contributed by atoms with Crippen molar-refractivity contribution in [3.8, 4) is 0 Å². The van der Waals surface area contributed by atoms with Gasteiger partial charge in [0.05, 0.1) is 9.79 Å². The van der Waals surface area contributed by atoms with Gasteiger partial charge >= 0.3 is 0 Å². The second-order valence-electron chi connectivity index (χ2n) is 8.64. The van der Waals surface area contributed by atoms with Crippen LogP contribution in [0, 0.1) is 0 Å². The van der Waals surface area contributed by atoms with Crippen LogP contribution in [0.25, 0.3) is 0 Å². The molecule has 0 N–H and O–H groups in total. The maximum absolute atomic E-state index is 13.3. The molecule has 6 nitrogen and oxygen atoms in total. The molecule has 2 aromatic rings. The largest absolute Gasteiger partial charge is 0.243 e. The molecule has 0 bridgehead atoms. The molecule has 2 atom stereocenters. The zero-order valence-corrected chi connectivity index (χ0v) is 21.0. The Morgan fingerprint density at radius 3 is 1.25 bits per heavy atom. The van der Waals surface area contributed by atoms with Gasteiger partial charge in [-0.2, -0.15) is 8.61 Å². The summed E-state index contributed by atoms with van der Waals surface area (Å²) in [4.78, 5) is 0.499. The van der Waals surface area contributed by atoms with E-state index in [0.717, 1.165) is 36.8 Å². The van der Waals surface area contributed by atoms with Crippen molar-refractivity contribution in [1.29, 1.82) is 0 Å². The van der Waals surface area contributed by atoms with Crippen molar-refractivity contribution in [3.63, 3.8) is 0 Å². The van der Waals surface area contributed by atoms with Crippen molar-refractivity contribution in [2.45, 2.75) is 75.3 Å². The highest BCUT2D eigenvalue weighted by Gasteiger charge is 2.41. The number of hydrogen-bond donors (Lipinski definition) is 0. The number of piperazine rings is 1. The molecule has 1 heterocycles. The first-order valence-electron chi connectivity index (χ1n) is 11.3. The zero-order chi connectivity index (χ0) is 23.5. The van der Waals surface area contributed by atoms with Crippen molar-refractivity contribution in [1.82, 2.24) is 8.61 Å². The lowest BCUT2D eigenvalue weighted by Gasteiger charge is -2.42. The van der Waals surface area contributed by atoms with Crippen LogP contribution in [0.5, 0.6) is 0 Å². The van der Waals surface area contributed by atoms with Gasteiger partial charge in [0.1, 0.15) is 0 Å². The Balaban J connectivity index is 1.81. The first-order valence-corrected chi connectivity index (χ1v) is 14.2. The lowest BCUT2D eigenvalue weighted by atomic mass is 10.1. The summed E-state index contributed by atoms with van der Waals surface area (Å²) in [7, 11) is -7.42. The summed E-state index contributed by atoms with van der Waals surface area (Å²) in [5, 5.41) is 0. The van der Waals surface area contributed by atoms with Crippen LogP contribution < -0.4 is 0 Å². The standard InChI is InChI=1S/C24H34N2O4S2/c1-5-7-21-9-13-23(14-10-21)31(27,28)25-17-20(4)26(18-19(25)3)32(29,30)24-15-11-22(8-6-2)12-16-24/h9-16,19-20H,5-8,17-18H2,1-4H3/t19-,20+. The number of rotatable bonds is 8. The smallest absolute Gasteiger partial charge is 0.207 e. The van der Waals surface area contributed by atoms with Crippen molar-refractivity contribution >= 4 is 20.0 Å². The summed E-state index contributed by atoms with van der Waals surface area (Å²) in [6.07, 6.45) is 3.81. The van der Waals surface area contributed by atoms with Crippen LogP contribution in [-0.2, 0) is 32.9 Å². The predicted molar refractivity (Wildman–Crippen MR) is 128 cm³/mol. The minimum atomic E-state index is -3.71. The lowest BCUT2D eigenvalue weighted by molar-refractivity contribution is 0.163. The Labute approximate surface area is 193 Å². The van der Waals surface area contributed by atoms with Gasteiger partial charge in [-0.1, -0.05) is 51.0 Å². The molecule has 0 radical (unpaired) electrons. The van der Waals surface area contributed by atoms with Crippen LogP contribution in [0.1, 0.15) is 51.7 Å². The Bertz CT molecular complexity index is 1020. The number of benzene rings is 2. The van der Waals surface area contributed by atoms with Crippen molar-refractivity contribution in [2.75, 3.05) is 13.1 Å². The highest BCUT2D eigenvalue weighted by atomic mass is 32.2. The first kappa shape index (κ1) is 24.9. The van der Waals surface area contributed by atoms with E-state index in [9.17, 15) is 16.8 Å². The summed E-state index contributed by atoms with van der Waals surface area (Å²) in [6.45, 7) is 7.94. The molecule has 32 heavy (non-hydrogen) atoms. The van der Waals surface area contributed by atoms with E-state index in [4.69, 9.17) is 0 Å². The lowest BCUT2D eigenvalue weighted by Crippen LogP contribution is -2.59. The highest BCUT2D eigenvalue weighted by molar-refractivity contribution is 7.89. The van der Waals surface area contributed by atoms with Gasteiger partial charge in [-0.25, -0.2) is 16.8 Å². The number of hydrogen-bond acceptors (Lipinski definition) is 4. The molecule has 0 unspecified atom stereocenters. The molecular weight excluding hydrogens is 444 g/mol. The van der Waals surface area contributed by atoms with E-state index < -0.39 is 32.1 Å². The highest BCUT2D eigenvalue weighted by Crippen LogP contribution is 2.28. The average Bonchev–Trinajstić information content (AvgIpc) is 2.76. The van der Waals surface area contributed by atoms with E-state index in [1.165, 1.54) is 8.61 Å². The summed E-state index contributed by atoms with van der Waals surface area (Å²) in [5.74, 6) is 0. The summed E-state index contributed by atoms with van der Waals surface area (Å²) in [5.41, 5.74) is 2.21. The molecule has 1 saturated heterocycles. The summed E-state index contributed by atoms with van der Waals surface area (Å²) in [6, 6.07) is 13.1. The molecule has 1 fully saturated rings. The zero-order valence-electron chi connectivity index (χ0n) is 19.4. The second kappa shape index (κ2) is 10.0. The molecule has 0 aromatic heterocycles. The van der Waals surface area contributed by atoms with Gasteiger partial charge in [0, 0.05) is 25.2 Å². The Morgan fingerprint density at radius 1 is 0.656 bits per heavy atom. The average molecular weight is 479 g/mol. The number of nitrogens with zero attached hydrogens (tertiary/aromatic N) is 2. The van der Waals surface area contributed by atoms with Crippen LogP contribution in [0.3, 0.4) is 0 Å². The van der Waals surface area contributed by atoms with Crippen molar-refractivity contribution in [2.24, 2.45) is 0 Å². The van der Waals surface area contributed by atoms with Crippen molar-refractivity contribution < 1.29 is 16.8 Å². The fraction of sp³-hybridized carbons (Fsp3) is 0.500. The number of aryl methyl sites for hydroxylation is 2. The van der Waals surface area contributed by atoms with Gasteiger partial charge in [0.25, 0.3) is 0 Å². The van der Waals surface area contributed by atoms with E-state index in [1.54, 1.807) is 38.1 Å². The van der Waals surface area contributed by atoms with Crippen LogP contribution in [0.2, 0.25) is 0 Å². The van der Waals surface area contributed by atoms with E-state index in [-0.39, 0.29) is 22.9 Å². The molecule has 0 spiro atoms. The van der Waals surface area contributed by atoms with Gasteiger partial charge in [-0.15, -0.1) is 0 Å². The minimum absolute atomic E-state index is 0.118.